The molecule has 1 aromatic rings. The molecule has 0 atom stereocenters. The second-order valence-electron chi connectivity index (χ2n) is 3.08. The van der Waals surface area contributed by atoms with Crippen LogP contribution in [0.4, 0.5) is 4.39 Å². The Balaban J connectivity index is 2.62. The van der Waals surface area contributed by atoms with Crippen LogP contribution in [0.3, 0.4) is 0 Å². The van der Waals surface area contributed by atoms with E-state index >= 15 is 0 Å². The number of fused-ring (bicyclic) bond motifs is 1. The van der Waals surface area contributed by atoms with Crippen LogP contribution in [0.5, 0.6) is 0 Å². The Labute approximate surface area is 100 Å². The normalized spacial score (nSPS) is 15.2. The molecule has 0 saturated heterocycles. The van der Waals surface area contributed by atoms with Crippen LogP contribution in [0.15, 0.2) is 34.1 Å². The molecule has 6 heteroatoms. The molecular formula is C10H9BrFN3O. The van der Waals surface area contributed by atoms with Gasteiger partial charge in [0, 0.05) is 6.21 Å². The quantitative estimate of drug-likeness (QED) is 0.784. The molecule has 1 aliphatic rings. The molecule has 0 radical (unpaired) electrons. The maximum absolute atomic E-state index is 13.4. The Kier molecular flexibility index (Phi) is 2.91. The lowest BCUT2D eigenvalue weighted by atomic mass is 10.2. The zero-order chi connectivity index (χ0) is 11.7. The number of hydrogen-bond acceptors (Lipinski definition) is 3. The fourth-order valence-electron chi connectivity index (χ4n) is 1.43. The fourth-order valence-corrected chi connectivity index (χ4v) is 1.80. The summed E-state index contributed by atoms with van der Waals surface area (Å²) in [6.45, 7) is 5.25. The van der Waals surface area contributed by atoms with E-state index in [-0.39, 0.29) is 18.2 Å². The Morgan fingerprint density at radius 2 is 2.56 bits per heavy atom. The van der Waals surface area contributed by atoms with Crippen molar-refractivity contribution in [2.45, 2.75) is 13.7 Å². The maximum Gasteiger partial charge on any atom is 0.228 e. The van der Waals surface area contributed by atoms with Crippen LogP contribution in [-0.2, 0) is 11.5 Å². The number of aliphatic imine (C=N–C) groups is 1. The van der Waals surface area contributed by atoms with Gasteiger partial charge < -0.3 is 4.74 Å². The summed E-state index contributed by atoms with van der Waals surface area (Å²) in [7, 11) is 0. The van der Waals surface area contributed by atoms with E-state index in [9.17, 15) is 4.39 Å². The first-order valence-corrected chi connectivity index (χ1v) is 5.36. The lowest BCUT2D eigenvalue weighted by Gasteiger charge is -2.19. The Bertz CT molecular complexity index is 504. The summed E-state index contributed by atoms with van der Waals surface area (Å²) >= 11 is 3.29. The molecular weight excluding hydrogens is 277 g/mol. The van der Waals surface area contributed by atoms with Gasteiger partial charge >= 0.3 is 0 Å². The topological polar surface area (TPSA) is 39.4 Å². The number of aromatic nitrogens is 2. The number of imidazole rings is 1. The number of halogens is 2. The molecule has 1 aromatic heterocycles. The minimum Gasteiger partial charge on any atom is -0.455 e. The second kappa shape index (κ2) is 4.21. The van der Waals surface area contributed by atoms with Crippen molar-refractivity contribution in [1.29, 1.82) is 0 Å². The molecule has 1 aliphatic heterocycles. The lowest BCUT2D eigenvalue weighted by Crippen LogP contribution is -2.14. The summed E-state index contributed by atoms with van der Waals surface area (Å²) in [5.41, 5.74) is 0.190. The van der Waals surface area contributed by atoms with Gasteiger partial charge in [-0.05, 0) is 22.9 Å². The van der Waals surface area contributed by atoms with Crippen LogP contribution >= 0.6 is 15.9 Å². The highest BCUT2D eigenvalue weighted by molar-refractivity contribution is 9.10. The third kappa shape index (κ3) is 1.69. The number of ether oxygens (including phenoxy) is 1. The molecule has 2 rings (SSSR count). The van der Waals surface area contributed by atoms with Gasteiger partial charge in [0.15, 0.2) is 12.6 Å². The molecule has 16 heavy (non-hydrogen) atoms. The average Bonchev–Trinajstić information content (AvgIpc) is 2.60. The Hall–Kier alpha value is -1.43. The molecule has 84 valence electrons. The standard InChI is InChI=1S/C10H9BrFN3O/c1-3-13-10-8(6(2)12)9-14-4-7(11)15(9)5-16-10/h3-4H,2,5H2,1H3/b13-3-. The number of nitrogens with zero attached hydrogens (tertiary/aromatic N) is 3. The molecule has 0 aliphatic carbocycles. The van der Waals surface area contributed by atoms with Gasteiger partial charge in [-0.25, -0.2) is 14.4 Å². The summed E-state index contributed by atoms with van der Waals surface area (Å²) < 4.78 is 21.1. The Morgan fingerprint density at radius 1 is 1.81 bits per heavy atom. The van der Waals surface area contributed by atoms with Gasteiger partial charge in [-0.2, -0.15) is 0 Å². The van der Waals surface area contributed by atoms with Gasteiger partial charge in [-0.3, -0.25) is 4.57 Å². The van der Waals surface area contributed by atoms with E-state index in [0.29, 0.717) is 5.82 Å². The third-order valence-corrected chi connectivity index (χ3v) is 2.73. The largest absolute Gasteiger partial charge is 0.455 e. The van der Waals surface area contributed by atoms with Crippen molar-refractivity contribution in [1.82, 2.24) is 9.55 Å². The van der Waals surface area contributed by atoms with Crippen molar-refractivity contribution < 1.29 is 9.13 Å². The first-order chi connectivity index (χ1) is 7.65. The van der Waals surface area contributed by atoms with Crippen LogP contribution < -0.4 is 0 Å². The predicted octanol–water partition coefficient (Wildman–Crippen LogP) is 2.88. The van der Waals surface area contributed by atoms with E-state index in [4.69, 9.17) is 4.74 Å². The van der Waals surface area contributed by atoms with Gasteiger partial charge in [0.2, 0.25) is 5.88 Å². The number of allylic oxidation sites excluding steroid dienone is 2. The summed E-state index contributed by atoms with van der Waals surface area (Å²) in [4.78, 5) is 8.05. The van der Waals surface area contributed by atoms with Crippen LogP contribution in [0.2, 0.25) is 0 Å². The highest BCUT2D eigenvalue weighted by Gasteiger charge is 2.25. The maximum atomic E-state index is 13.4. The van der Waals surface area contributed by atoms with Gasteiger partial charge in [-0.15, -0.1) is 0 Å². The highest BCUT2D eigenvalue weighted by atomic mass is 79.9. The first-order valence-electron chi connectivity index (χ1n) is 4.57. The van der Waals surface area contributed by atoms with Gasteiger partial charge in [0.1, 0.15) is 16.0 Å². The predicted molar refractivity (Wildman–Crippen MR) is 62.3 cm³/mol. The van der Waals surface area contributed by atoms with E-state index in [1.54, 1.807) is 17.7 Å². The molecule has 0 aromatic carbocycles. The van der Waals surface area contributed by atoms with Crippen molar-refractivity contribution in [3.8, 4) is 0 Å². The molecule has 0 saturated carbocycles. The van der Waals surface area contributed by atoms with Gasteiger partial charge in [0.25, 0.3) is 0 Å². The molecule has 0 amide bonds. The SMILES string of the molecule is C=C(F)C1=C(/N=C\C)OCn2c(Br)cnc21. The van der Waals surface area contributed by atoms with Crippen molar-refractivity contribution in [2.24, 2.45) is 4.99 Å². The summed E-state index contributed by atoms with van der Waals surface area (Å²) in [6.07, 6.45) is 3.12. The van der Waals surface area contributed by atoms with Crippen molar-refractivity contribution in [3.05, 3.63) is 34.9 Å². The fraction of sp³-hybridized carbons (Fsp3) is 0.200. The lowest BCUT2D eigenvalue weighted by molar-refractivity contribution is 0.133. The van der Waals surface area contributed by atoms with Crippen LogP contribution in [0.25, 0.3) is 5.57 Å². The molecule has 0 fully saturated rings. The van der Waals surface area contributed by atoms with Gasteiger partial charge in [-0.1, -0.05) is 6.58 Å². The molecule has 0 unspecified atom stereocenters. The van der Waals surface area contributed by atoms with Crippen molar-refractivity contribution in [3.63, 3.8) is 0 Å². The van der Waals surface area contributed by atoms with Crippen molar-refractivity contribution in [2.75, 3.05) is 0 Å². The van der Waals surface area contributed by atoms with E-state index in [2.05, 4.69) is 32.5 Å². The smallest absolute Gasteiger partial charge is 0.228 e. The molecule has 0 spiro atoms. The van der Waals surface area contributed by atoms with Crippen molar-refractivity contribution >= 4 is 27.7 Å². The number of rotatable bonds is 2. The second-order valence-corrected chi connectivity index (χ2v) is 3.89. The van der Waals surface area contributed by atoms with E-state index in [1.165, 1.54) is 6.21 Å². The van der Waals surface area contributed by atoms with Crippen LogP contribution in [-0.4, -0.2) is 15.8 Å². The minimum atomic E-state index is -0.611. The summed E-state index contributed by atoms with van der Waals surface area (Å²) in [5, 5.41) is 0. The highest BCUT2D eigenvalue weighted by Crippen LogP contribution is 2.32. The molecule has 0 N–H and O–H groups in total. The summed E-state index contributed by atoms with van der Waals surface area (Å²) in [5.74, 6) is 0.0616. The Morgan fingerprint density at radius 3 is 3.19 bits per heavy atom. The number of hydrogen-bond donors (Lipinski definition) is 0. The third-order valence-electron chi connectivity index (χ3n) is 2.09. The van der Waals surface area contributed by atoms with Crippen LogP contribution in [0, 0.1) is 0 Å². The zero-order valence-electron chi connectivity index (χ0n) is 8.57. The minimum absolute atomic E-state index is 0.190. The molecule has 0 bridgehead atoms. The van der Waals surface area contributed by atoms with Crippen LogP contribution in [0.1, 0.15) is 12.7 Å². The van der Waals surface area contributed by atoms with E-state index in [0.717, 1.165) is 4.60 Å². The molecule has 4 nitrogen and oxygen atoms in total. The van der Waals surface area contributed by atoms with E-state index < -0.39 is 5.83 Å². The average molecular weight is 286 g/mol. The zero-order valence-corrected chi connectivity index (χ0v) is 10.2. The van der Waals surface area contributed by atoms with E-state index in [1.807, 2.05) is 0 Å². The summed E-state index contributed by atoms with van der Waals surface area (Å²) in [6, 6.07) is 0. The van der Waals surface area contributed by atoms with Gasteiger partial charge in [0.05, 0.1) is 6.20 Å². The first kappa shape index (κ1) is 11.1. The monoisotopic (exact) mass is 285 g/mol. The molecule has 2 heterocycles.